The molecule has 2 aromatic rings. The number of hydrogen-bond acceptors (Lipinski definition) is 5. The fraction of sp³-hybridized carbons (Fsp3) is 0.273. The second-order valence-electron chi connectivity index (χ2n) is 7.01. The van der Waals surface area contributed by atoms with Crippen molar-refractivity contribution in [1.29, 1.82) is 0 Å². The Morgan fingerprint density at radius 2 is 1.72 bits per heavy atom. The summed E-state index contributed by atoms with van der Waals surface area (Å²) in [6, 6.07) is 12.4. The summed E-state index contributed by atoms with van der Waals surface area (Å²) in [5, 5.41) is 2.75. The Hall–Kier alpha value is -3.48. The molecule has 0 radical (unpaired) electrons. The number of benzene rings is 2. The second-order valence-corrected chi connectivity index (χ2v) is 7.01. The van der Waals surface area contributed by atoms with Gasteiger partial charge in [0, 0.05) is 11.3 Å². The number of amides is 3. The number of para-hydroxylation sites is 1. The number of nitrogens with one attached hydrogen (secondary N) is 1. The summed E-state index contributed by atoms with van der Waals surface area (Å²) >= 11 is 0. The third kappa shape index (κ3) is 4.34. The highest BCUT2D eigenvalue weighted by Crippen LogP contribution is 2.21. The maximum absolute atomic E-state index is 12.5. The molecule has 0 unspecified atom stereocenters. The van der Waals surface area contributed by atoms with Gasteiger partial charge in [-0.1, -0.05) is 36.4 Å². The molecule has 150 valence electrons. The third-order valence-electron chi connectivity index (χ3n) is 4.83. The van der Waals surface area contributed by atoms with Gasteiger partial charge in [-0.2, -0.15) is 0 Å². The molecule has 0 bridgehead atoms. The van der Waals surface area contributed by atoms with Crippen LogP contribution < -0.4 is 5.32 Å². The van der Waals surface area contributed by atoms with Gasteiger partial charge >= 0.3 is 5.97 Å². The number of hydrogen-bond donors (Lipinski definition) is 1. The van der Waals surface area contributed by atoms with Gasteiger partial charge in [-0.25, -0.2) is 0 Å². The lowest BCUT2D eigenvalue weighted by molar-refractivity contribution is -0.155. The van der Waals surface area contributed by atoms with Gasteiger partial charge in [0.2, 0.25) is 5.91 Å². The van der Waals surface area contributed by atoms with Gasteiger partial charge in [-0.05, 0) is 43.5 Å². The van der Waals surface area contributed by atoms with Crippen molar-refractivity contribution in [3.05, 3.63) is 64.7 Å². The van der Waals surface area contributed by atoms with Crippen molar-refractivity contribution in [2.45, 2.75) is 33.3 Å². The highest BCUT2D eigenvalue weighted by Gasteiger charge is 2.33. The molecule has 0 saturated heterocycles. The molecule has 1 heterocycles. The first-order chi connectivity index (χ1) is 13.8. The minimum Gasteiger partial charge on any atom is -0.451 e. The molecule has 2 aromatic carbocycles. The number of rotatable bonds is 5. The predicted octanol–water partition coefficient (Wildman–Crippen LogP) is 2.40. The summed E-state index contributed by atoms with van der Waals surface area (Å²) in [7, 11) is 0. The van der Waals surface area contributed by atoms with Gasteiger partial charge in [-0.15, -0.1) is 0 Å². The van der Waals surface area contributed by atoms with Crippen LogP contribution in [0.25, 0.3) is 0 Å². The number of fused-ring (bicyclic) bond motifs is 1. The number of carbonyl (C=O) groups excluding carboxylic acids is 4. The van der Waals surface area contributed by atoms with E-state index in [9.17, 15) is 19.2 Å². The highest BCUT2D eigenvalue weighted by molar-refractivity contribution is 6.11. The molecule has 0 aromatic heterocycles. The average Bonchev–Trinajstić information content (AvgIpc) is 2.68. The molecule has 3 rings (SSSR count). The molecular weight excluding hydrogens is 372 g/mol. The molecule has 1 aliphatic rings. The molecule has 0 spiro atoms. The number of imide groups is 1. The molecule has 1 aliphatic heterocycles. The topological polar surface area (TPSA) is 92.8 Å². The second kappa shape index (κ2) is 8.26. The number of nitrogens with zero attached hydrogens (tertiary/aromatic N) is 1. The lowest BCUT2D eigenvalue weighted by atomic mass is 9.98. The van der Waals surface area contributed by atoms with Crippen LogP contribution in [0.1, 0.15) is 34.0 Å². The minimum atomic E-state index is -1.08. The van der Waals surface area contributed by atoms with Crippen molar-refractivity contribution in [3.63, 3.8) is 0 Å². The van der Waals surface area contributed by atoms with Crippen molar-refractivity contribution in [2.75, 3.05) is 11.9 Å². The zero-order chi connectivity index (χ0) is 21.1. The maximum Gasteiger partial charge on any atom is 0.326 e. The SMILES string of the molecule is Cc1cccc(C)c1NC(=O)[C@@H](C)OC(=O)CN1C(=O)Cc2ccccc2C1=O. The number of aryl methyl sites for hydroxylation is 2. The standard InChI is InChI=1S/C22H22N2O5/c1-13-7-6-8-14(2)20(13)23-21(27)15(3)29-19(26)12-24-18(25)11-16-9-4-5-10-17(16)22(24)28/h4-10,15H,11-12H2,1-3H3,(H,23,27)/t15-/m1/s1. The summed E-state index contributed by atoms with van der Waals surface area (Å²) < 4.78 is 5.15. The number of carbonyl (C=O) groups is 4. The summed E-state index contributed by atoms with van der Waals surface area (Å²) in [5.41, 5.74) is 3.47. The Kier molecular flexibility index (Phi) is 5.77. The lowest BCUT2D eigenvalue weighted by Crippen LogP contribution is -2.46. The number of ether oxygens (including phenoxy) is 1. The number of anilines is 1. The van der Waals surface area contributed by atoms with E-state index in [4.69, 9.17) is 4.74 Å². The normalized spacial score (nSPS) is 14.2. The van der Waals surface area contributed by atoms with Crippen molar-refractivity contribution >= 4 is 29.4 Å². The van der Waals surface area contributed by atoms with Gasteiger partial charge in [-0.3, -0.25) is 24.1 Å². The maximum atomic E-state index is 12.5. The first kappa shape index (κ1) is 20.3. The van der Waals surface area contributed by atoms with E-state index in [2.05, 4.69) is 5.32 Å². The summed E-state index contributed by atoms with van der Waals surface area (Å²) in [5.74, 6) is -2.33. The Bertz CT molecular complexity index is 978. The minimum absolute atomic E-state index is 0.0395. The highest BCUT2D eigenvalue weighted by atomic mass is 16.5. The molecular formula is C22H22N2O5. The van der Waals surface area contributed by atoms with Crippen LogP contribution in [-0.4, -0.2) is 41.2 Å². The molecule has 0 aliphatic carbocycles. The van der Waals surface area contributed by atoms with E-state index in [0.717, 1.165) is 16.0 Å². The predicted molar refractivity (Wildman–Crippen MR) is 106 cm³/mol. The molecule has 0 fully saturated rings. The van der Waals surface area contributed by atoms with E-state index in [1.54, 1.807) is 24.3 Å². The summed E-state index contributed by atoms with van der Waals surface area (Å²) in [6.07, 6.45) is -1.04. The Labute approximate surface area is 168 Å². The Morgan fingerprint density at radius 1 is 1.07 bits per heavy atom. The van der Waals surface area contributed by atoms with Crippen molar-refractivity contribution in [1.82, 2.24) is 4.90 Å². The van der Waals surface area contributed by atoms with E-state index in [0.29, 0.717) is 16.8 Å². The van der Waals surface area contributed by atoms with E-state index >= 15 is 0 Å². The van der Waals surface area contributed by atoms with Crippen molar-refractivity contribution in [3.8, 4) is 0 Å². The molecule has 1 atom stereocenters. The Morgan fingerprint density at radius 3 is 2.41 bits per heavy atom. The lowest BCUT2D eigenvalue weighted by Gasteiger charge is -2.26. The van der Waals surface area contributed by atoms with Crippen LogP contribution in [0.15, 0.2) is 42.5 Å². The average molecular weight is 394 g/mol. The fourth-order valence-corrected chi connectivity index (χ4v) is 3.21. The molecule has 0 saturated carbocycles. The smallest absolute Gasteiger partial charge is 0.326 e. The van der Waals surface area contributed by atoms with Gasteiger partial charge in [0.25, 0.3) is 11.8 Å². The van der Waals surface area contributed by atoms with Crippen LogP contribution in [0.3, 0.4) is 0 Å². The van der Waals surface area contributed by atoms with Gasteiger partial charge < -0.3 is 10.1 Å². The molecule has 7 heteroatoms. The van der Waals surface area contributed by atoms with Gasteiger partial charge in [0.05, 0.1) is 6.42 Å². The molecule has 7 nitrogen and oxygen atoms in total. The van der Waals surface area contributed by atoms with Crippen LogP contribution in [0.2, 0.25) is 0 Å². The molecule has 29 heavy (non-hydrogen) atoms. The van der Waals surface area contributed by atoms with Crippen molar-refractivity contribution in [2.24, 2.45) is 0 Å². The summed E-state index contributed by atoms with van der Waals surface area (Å²) in [6.45, 7) is 4.64. The van der Waals surface area contributed by atoms with Gasteiger partial charge in [0.1, 0.15) is 6.54 Å². The Balaban J connectivity index is 1.62. The largest absolute Gasteiger partial charge is 0.451 e. The molecule has 3 amide bonds. The summed E-state index contributed by atoms with van der Waals surface area (Å²) in [4.78, 5) is 50.3. The van der Waals surface area contributed by atoms with Crippen LogP contribution in [0, 0.1) is 13.8 Å². The third-order valence-corrected chi connectivity index (χ3v) is 4.83. The quantitative estimate of drug-likeness (QED) is 0.621. The zero-order valence-electron chi connectivity index (χ0n) is 16.5. The van der Waals surface area contributed by atoms with Crippen LogP contribution in [0.5, 0.6) is 0 Å². The van der Waals surface area contributed by atoms with Crippen LogP contribution >= 0.6 is 0 Å². The van der Waals surface area contributed by atoms with E-state index < -0.39 is 36.3 Å². The zero-order valence-corrected chi connectivity index (χ0v) is 16.5. The van der Waals surface area contributed by atoms with E-state index in [1.165, 1.54) is 6.92 Å². The van der Waals surface area contributed by atoms with Crippen molar-refractivity contribution < 1.29 is 23.9 Å². The first-order valence-corrected chi connectivity index (χ1v) is 9.27. The van der Waals surface area contributed by atoms with Gasteiger partial charge in [0.15, 0.2) is 6.10 Å². The number of esters is 1. The van der Waals surface area contributed by atoms with E-state index in [-0.39, 0.29) is 6.42 Å². The van der Waals surface area contributed by atoms with Crippen LogP contribution in [-0.2, 0) is 25.5 Å². The van der Waals surface area contributed by atoms with E-state index in [1.807, 2.05) is 32.0 Å². The fourth-order valence-electron chi connectivity index (χ4n) is 3.21. The van der Waals surface area contributed by atoms with Crippen LogP contribution in [0.4, 0.5) is 5.69 Å². The monoisotopic (exact) mass is 394 g/mol. The first-order valence-electron chi connectivity index (χ1n) is 9.27. The molecule has 1 N–H and O–H groups in total.